The summed E-state index contributed by atoms with van der Waals surface area (Å²) in [5, 5.41) is 13.9. The van der Waals surface area contributed by atoms with Crippen molar-refractivity contribution in [1.82, 2.24) is 35.2 Å². The third-order valence-corrected chi connectivity index (χ3v) is 8.48. The van der Waals surface area contributed by atoms with Gasteiger partial charge in [-0.2, -0.15) is 15.4 Å². The summed E-state index contributed by atoms with van der Waals surface area (Å²) in [7, 11) is 0. The first-order chi connectivity index (χ1) is 17.0. The van der Waals surface area contributed by atoms with Crippen LogP contribution in [0.25, 0.3) is 0 Å². The third-order valence-electron chi connectivity index (χ3n) is 6.59. The molecule has 1 atom stereocenters. The van der Waals surface area contributed by atoms with Crippen molar-refractivity contribution >= 4 is 42.5 Å². The Morgan fingerprint density at radius 2 is 2.17 bits per heavy atom. The highest BCUT2D eigenvalue weighted by Crippen LogP contribution is 2.32. The molecule has 35 heavy (non-hydrogen) atoms. The molecule has 2 aromatic rings. The van der Waals surface area contributed by atoms with Crippen molar-refractivity contribution in [2.24, 2.45) is 0 Å². The van der Waals surface area contributed by atoms with Gasteiger partial charge >= 0.3 is 0 Å². The molecule has 184 valence electrons. The highest BCUT2D eigenvalue weighted by atomic mass is 127. The smallest absolute Gasteiger partial charge is 0.242 e. The number of amides is 2. The topological polar surface area (TPSA) is 120 Å². The van der Waals surface area contributed by atoms with E-state index in [1.54, 1.807) is 16.0 Å². The number of aromatic amines is 1. The highest BCUT2D eigenvalue weighted by Gasteiger charge is 2.26. The Balaban J connectivity index is 1.13. The minimum Gasteiger partial charge on any atom is -0.351 e. The van der Waals surface area contributed by atoms with Gasteiger partial charge in [-0.25, -0.2) is 9.97 Å². The van der Waals surface area contributed by atoms with Gasteiger partial charge in [-0.05, 0) is 44.9 Å². The van der Waals surface area contributed by atoms with Crippen molar-refractivity contribution in [3.8, 4) is 0 Å². The lowest BCUT2D eigenvalue weighted by molar-refractivity contribution is -0.140. The molecule has 0 bridgehead atoms. The molecule has 2 amide bonds. The van der Waals surface area contributed by atoms with Gasteiger partial charge in [0.2, 0.25) is 17.8 Å². The Bertz CT molecular complexity index is 1170. The van der Waals surface area contributed by atoms with E-state index in [1.165, 1.54) is 18.1 Å². The van der Waals surface area contributed by atoms with Crippen molar-refractivity contribution < 1.29 is 9.59 Å². The number of hydrogen-bond donors (Lipinski definition) is 2. The van der Waals surface area contributed by atoms with Gasteiger partial charge in [0, 0.05) is 50.8 Å². The molecule has 5 rings (SSSR count). The Morgan fingerprint density at radius 1 is 1.29 bits per heavy atom. The zero-order valence-electron chi connectivity index (χ0n) is 19.7. The molecule has 0 spiro atoms. The van der Waals surface area contributed by atoms with Crippen LogP contribution in [0.1, 0.15) is 43.1 Å². The fourth-order valence-corrected chi connectivity index (χ4v) is 6.61. The fourth-order valence-electron chi connectivity index (χ4n) is 4.67. The Labute approximate surface area is 214 Å². The number of nitrogens with zero attached hydrogens (tertiary/aromatic N) is 6. The van der Waals surface area contributed by atoms with Gasteiger partial charge in [-0.3, -0.25) is 9.59 Å². The summed E-state index contributed by atoms with van der Waals surface area (Å²) in [6, 6.07) is 0.338. The molecule has 1 aliphatic carbocycles. The lowest BCUT2D eigenvalue weighted by atomic mass is 10.1. The summed E-state index contributed by atoms with van der Waals surface area (Å²) in [6.45, 7) is 3.16. The third kappa shape index (κ3) is 5.82. The first kappa shape index (κ1) is 23.8. The van der Waals surface area contributed by atoms with Crippen molar-refractivity contribution in [3.05, 3.63) is 50.6 Å². The summed E-state index contributed by atoms with van der Waals surface area (Å²) in [5.41, 5.74) is 5.75. The van der Waals surface area contributed by atoms with Crippen LogP contribution in [0.3, 0.4) is 0 Å². The van der Waals surface area contributed by atoms with E-state index in [1.807, 2.05) is 6.20 Å². The molecule has 2 aromatic heterocycles. The van der Waals surface area contributed by atoms with E-state index >= 15 is 0 Å². The SMILES string of the molecule is CC(=O)N(CCCc1cn[nH]n1)CC(=O)N1CCc2nc(NC3CC4=C(C=IC=C4)C3)ncc2C1. The Morgan fingerprint density at radius 3 is 2.97 bits per heavy atom. The van der Waals surface area contributed by atoms with Crippen molar-refractivity contribution in [2.75, 3.05) is 25.0 Å². The predicted molar refractivity (Wildman–Crippen MR) is 141 cm³/mol. The van der Waals surface area contributed by atoms with Crippen LogP contribution >= 0.6 is 20.7 Å². The van der Waals surface area contributed by atoms with Crippen LogP contribution in [-0.2, 0) is 29.0 Å². The number of fused-ring (bicyclic) bond motifs is 1. The van der Waals surface area contributed by atoms with Crippen LogP contribution in [0.2, 0.25) is 0 Å². The van der Waals surface area contributed by atoms with Gasteiger partial charge in [-0.15, -0.1) is 0 Å². The Hall–Kier alpha value is -2.96. The van der Waals surface area contributed by atoms with Crippen molar-refractivity contribution in [2.45, 2.75) is 51.6 Å². The molecule has 11 heteroatoms. The number of rotatable bonds is 8. The van der Waals surface area contributed by atoms with E-state index in [0.29, 0.717) is 44.5 Å². The second-order valence-corrected chi connectivity index (χ2v) is 11.1. The first-order valence-corrected chi connectivity index (χ1v) is 14.4. The number of aromatic nitrogens is 5. The maximum atomic E-state index is 13.0. The summed E-state index contributed by atoms with van der Waals surface area (Å²) >= 11 is 0.0802. The first-order valence-electron chi connectivity index (χ1n) is 11.9. The van der Waals surface area contributed by atoms with E-state index in [9.17, 15) is 9.59 Å². The quantitative estimate of drug-likeness (QED) is 0.454. The average molecular weight is 588 g/mol. The predicted octanol–water partition coefficient (Wildman–Crippen LogP) is 2.13. The van der Waals surface area contributed by atoms with Gasteiger partial charge in [0.25, 0.3) is 0 Å². The number of aryl methyl sites for hydroxylation is 1. The Kier molecular flexibility index (Phi) is 7.30. The summed E-state index contributed by atoms with van der Waals surface area (Å²) < 4.78 is 4.73. The maximum Gasteiger partial charge on any atom is 0.242 e. The molecule has 4 heterocycles. The molecule has 2 aliphatic heterocycles. The molecule has 10 nitrogen and oxygen atoms in total. The highest BCUT2D eigenvalue weighted by molar-refractivity contribution is 14.2. The normalized spacial score (nSPS) is 18.7. The fraction of sp³-hybridized carbons (Fsp3) is 0.458. The molecule has 2 N–H and O–H groups in total. The van der Waals surface area contributed by atoms with Crippen LogP contribution in [0, 0.1) is 0 Å². The van der Waals surface area contributed by atoms with E-state index in [0.717, 1.165) is 36.2 Å². The number of carbonyl (C=O) groups excluding carboxylic acids is 2. The molecule has 0 radical (unpaired) electrons. The number of hydrogen-bond acceptors (Lipinski definition) is 7. The number of allylic oxidation sites excluding steroid dienone is 1. The number of H-pyrrole nitrogens is 1. The van der Waals surface area contributed by atoms with Gasteiger partial charge in [0.15, 0.2) is 0 Å². The van der Waals surface area contributed by atoms with Crippen molar-refractivity contribution in [3.63, 3.8) is 0 Å². The van der Waals surface area contributed by atoms with Crippen LogP contribution in [0.4, 0.5) is 5.95 Å². The second-order valence-electron chi connectivity index (χ2n) is 9.06. The second kappa shape index (κ2) is 10.8. The summed E-state index contributed by atoms with van der Waals surface area (Å²) in [4.78, 5) is 37.8. The van der Waals surface area contributed by atoms with Gasteiger partial charge in [0.05, 0.1) is 24.1 Å². The number of carbonyl (C=O) groups is 2. The summed E-state index contributed by atoms with van der Waals surface area (Å²) in [5.74, 6) is 0.513. The van der Waals surface area contributed by atoms with E-state index in [4.69, 9.17) is 4.98 Å². The van der Waals surface area contributed by atoms with Crippen LogP contribution in [0.15, 0.2) is 33.7 Å². The molecule has 3 aliphatic rings. The van der Waals surface area contributed by atoms with Gasteiger partial charge in [0.1, 0.15) is 0 Å². The van der Waals surface area contributed by atoms with Gasteiger partial charge < -0.3 is 15.1 Å². The monoisotopic (exact) mass is 588 g/mol. The van der Waals surface area contributed by atoms with Crippen LogP contribution in [0.5, 0.6) is 0 Å². The largest absolute Gasteiger partial charge is 0.351 e. The maximum absolute atomic E-state index is 13.0. The minimum absolute atomic E-state index is 0.0517. The lowest BCUT2D eigenvalue weighted by Gasteiger charge is -2.30. The molecule has 0 aromatic carbocycles. The van der Waals surface area contributed by atoms with E-state index in [2.05, 4.69) is 39.9 Å². The van der Waals surface area contributed by atoms with E-state index < -0.39 is 0 Å². The van der Waals surface area contributed by atoms with Crippen molar-refractivity contribution in [1.29, 1.82) is 0 Å². The van der Waals surface area contributed by atoms with Gasteiger partial charge in [-0.1, -0.05) is 26.8 Å². The molecular formula is C24H29IN8O2. The number of nitrogens with one attached hydrogen (secondary N) is 2. The van der Waals surface area contributed by atoms with Crippen LogP contribution in [-0.4, -0.2) is 76.7 Å². The zero-order valence-corrected chi connectivity index (χ0v) is 21.9. The lowest BCUT2D eigenvalue weighted by Crippen LogP contribution is -2.44. The molecule has 1 unspecified atom stereocenters. The van der Waals surface area contributed by atoms with E-state index in [-0.39, 0.29) is 39.1 Å². The number of halogens is 1. The number of anilines is 1. The molecule has 0 saturated carbocycles. The molecule has 0 fully saturated rings. The standard InChI is InChI=1S/C24H29IN8O2/c1-16(34)32(7-2-3-20-13-27-31-30-20)15-23(35)33-8-5-22-19(14-33)12-26-24(29-22)28-21-9-17-4-6-25-11-18(17)10-21/h4,6,11-13,21H,2-3,5,7-10,14-15H2,1H3,(H,26,28,29)(H,27,30,31). The summed E-state index contributed by atoms with van der Waals surface area (Å²) in [6.07, 6.45) is 9.96. The molecular weight excluding hydrogens is 559 g/mol. The average Bonchev–Trinajstić information content (AvgIpc) is 3.52. The minimum atomic E-state index is -0.104. The van der Waals surface area contributed by atoms with Crippen LogP contribution < -0.4 is 5.32 Å². The zero-order chi connectivity index (χ0) is 24.2. The molecule has 0 saturated heterocycles.